The van der Waals surface area contributed by atoms with E-state index in [1.807, 2.05) is 18.2 Å². The van der Waals surface area contributed by atoms with Crippen molar-refractivity contribution in [3.63, 3.8) is 0 Å². The van der Waals surface area contributed by atoms with Crippen molar-refractivity contribution in [3.8, 4) is 5.75 Å². The first kappa shape index (κ1) is 13.7. The molecular weight excluding hydrogens is 248 g/mol. The molecule has 4 heteroatoms. The maximum atomic E-state index is 6.34. The molecule has 0 radical (unpaired) electrons. The molecule has 1 aromatic rings. The lowest BCUT2D eigenvalue weighted by atomic mass is 9.80. The summed E-state index contributed by atoms with van der Waals surface area (Å²) in [6, 6.07) is 6.20. The molecule has 1 saturated carbocycles. The molecule has 18 heavy (non-hydrogen) atoms. The maximum absolute atomic E-state index is 6.34. The highest BCUT2D eigenvalue weighted by atomic mass is 35.5. The number of methoxy groups -OCH3 is 1. The molecule has 0 bridgehead atoms. The van der Waals surface area contributed by atoms with Gasteiger partial charge in [-0.2, -0.15) is 0 Å². The molecule has 1 fully saturated rings. The monoisotopic (exact) mass is 268 g/mol. The van der Waals surface area contributed by atoms with Crippen LogP contribution in [-0.2, 0) is 0 Å². The number of rotatable bonds is 3. The Labute approximate surface area is 113 Å². The van der Waals surface area contributed by atoms with Gasteiger partial charge in [0.15, 0.2) is 0 Å². The van der Waals surface area contributed by atoms with Gasteiger partial charge in [-0.1, -0.05) is 17.7 Å². The zero-order valence-electron chi connectivity index (χ0n) is 10.7. The third-order valence-electron chi connectivity index (χ3n) is 3.89. The second-order valence-electron chi connectivity index (χ2n) is 5.09. The summed E-state index contributed by atoms with van der Waals surface area (Å²) >= 11 is 6.14. The Hall–Kier alpha value is -0.770. The van der Waals surface area contributed by atoms with Crippen LogP contribution in [0.15, 0.2) is 18.2 Å². The average molecular weight is 269 g/mol. The molecule has 100 valence electrons. The fourth-order valence-corrected chi connectivity index (χ4v) is 2.93. The third kappa shape index (κ3) is 2.97. The number of nitrogens with two attached hydrogens (primary N) is 2. The van der Waals surface area contributed by atoms with E-state index in [4.69, 9.17) is 27.8 Å². The molecule has 0 amide bonds. The zero-order chi connectivity index (χ0) is 13.1. The molecule has 1 aromatic carbocycles. The molecule has 3 nitrogen and oxygen atoms in total. The molecule has 4 N–H and O–H groups in total. The highest BCUT2D eigenvalue weighted by Crippen LogP contribution is 2.35. The van der Waals surface area contributed by atoms with E-state index in [0.717, 1.165) is 31.2 Å². The van der Waals surface area contributed by atoms with Gasteiger partial charge >= 0.3 is 0 Å². The van der Waals surface area contributed by atoms with E-state index < -0.39 is 0 Å². The van der Waals surface area contributed by atoms with E-state index in [0.29, 0.717) is 22.7 Å². The van der Waals surface area contributed by atoms with E-state index in [2.05, 4.69) is 0 Å². The van der Waals surface area contributed by atoms with Crippen molar-refractivity contribution in [1.29, 1.82) is 0 Å². The van der Waals surface area contributed by atoms with Gasteiger partial charge in [-0.05, 0) is 49.3 Å². The predicted octanol–water partition coefficient (Wildman–Crippen LogP) is 2.87. The Bertz CT molecular complexity index is 403. The van der Waals surface area contributed by atoms with Crippen LogP contribution in [0.2, 0.25) is 5.02 Å². The highest BCUT2D eigenvalue weighted by molar-refractivity contribution is 6.32. The van der Waals surface area contributed by atoms with E-state index in [9.17, 15) is 0 Å². The predicted molar refractivity (Wildman–Crippen MR) is 74.9 cm³/mol. The normalized spacial score (nSPS) is 25.8. The molecular formula is C14H21ClN2O. The summed E-state index contributed by atoms with van der Waals surface area (Å²) in [4.78, 5) is 0. The maximum Gasteiger partial charge on any atom is 0.137 e. The molecule has 0 aliphatic heterocycles. The smallest absolute Gasteiger partial charge is 0.137 e. The molecule has 0 spiro atoms. The molecule has 2 rings (SSSR count). The van der Waals surface area contributed by atoms with Crippen LogP contribution in [-0.4, -0.2) is 13.2 Å². The number of benzene rings is 1. The van der Waals surface area contributed by atoms with Crippen LogP contribution >= 0.6 is 11.6 Å². The van der Waals surface area contributed by atoms with Crippen molar-refractivity contribution in [2.24, 2.45) is 17.4 Å². The van der Waals surface area contributed by atoms with Gasteiger partial charge in [0.25, 0.3) is 0 Å². The van der Waals surface area contributed by atoms with Crippen LogP contribution in [0, 0.1) is 5.92 Å². The molecule has 1 unspecified atom stereocenters. The van der Waals surface area contributed by atoms with Gasteiger partial charge in [-0.25, -0.2) is 0 Å². The molecule has 0 heterocycles. The zero-order valence-corrected chi connectivity index (χ0v) is 11.5. The first-order valence-corrected chi connectivity index (χ1v) is 6.84. The number of halogens is 1. The first-order valence-electron chi connectivity index (χ1n) is 6.46. The van der Waals surface area contributed by atoms with Gasteiger partial charge in [0.05, 0.1) is 12.1 Å². The summed E-state index contributed by atoms with van der Waals surface area (Å²) in [5.74, 6) is 1.20. The Morgan fingerprint density at radius 3 is 2.50 bits per heavy atom. The van der Waals surface area contributed by atoms with Crippen molar-refractivity contribution in [2.45, 2.75) is 37.8 Å². The second-order valence-corrected chi connectivity index (χ2v) is 5.50. The highest BCUT2D eigenvalue weighted by Gasteiger charge is 2.25. The van der Waals surface area contributed by atoms with Crippen LogP contribution < -0.4 is 16.2 Å². The average Bonchev–Trinajstić information content (AvgIpc) is 2.38. The van der Waals surface area contributed by atoms with E-state index in [1.54, 1.807) is 7.11 Å². The van der Waals surface area contributed by atoms with Crippen LogP contribution in [0.25, 0.3) is 0 Å². The summed E-state index contributed by atoms with van der Waals surface area (Å²) < 4.78 is 5.15. The van der Waals surface area contributed by atoms with Crippen LogP contribution in [0.4, 0.5) is 0 Å². The largest absolute Gasteiger partial charge is 0.495 e. The second kappa shape index (κ2) is 5.91. The molecule has 0 aromatic heterocycles. The van der Waals surface area contributed by atoms with Crippen LogP contribution in [0.5, 0.6) is 5.75 Å². The van der Waals surface area contributed by atoms with Crippen molar-refractivity contribution < 1.29 is 4.74 Å². The molecule has 1 atom stereocenters. The summed E-state index contributed by atoms with van der Waals surface area (Å²) in [6.07, 6.45) is 4.35. The van der Waals surface area contributed by atoms with Gasteiger partial charge in [0.2, 0.25) is 0 Å². The van der Waals surface area contributed by atoms with Gasteiger partial charge in [-0.3, -0.25) is 0 Å². The fourth-order valence-electron chi connectivity index (χ4n) is 2.67. The van der Waals surface area contributed by atoms with E-state index >= 15 is 0 Å². The molecule has 1 aliphatic rings. The minimum absolute atomic E-state index is 0.0425. The Morgan fingerprint density at radius 1 is 1.28 bits per heavy atom. The number of hydrogen-bond acceptors (Lipinski definition) is 3. The van der Waals surface area contributed by atoms with Crippen LogP contribution in [0.3, 0.4) is 0 Å². The Kier molecular flexibility index (Phi) is 4.49. The summed E-state index contributed by atoms with van der Waals surface area (Å²) in [5.41, 5.74) is 13.3. The van der Waals surface area contributed by atoms with Crippen molar-refractivity contribution >= 4 is 11.6 Å². The fraction of sp³-hybridized carbons (Fsp3) is 0.571. The van der Waals surface area contributed by atoms with Crippen molar-refractivity contribution in [2.75, 3.05) is 7.11 Å². The Balaban J connectivity index is 2.08. The minimum atomic E-state index is 0.0425. The Morgan fingerprint density at radius 2 is 1.94 bits per heavy atom. The SMILES string of the molecule is COc1ccc(C(N)C2CCC(N)CC2)cc1Cl. The number of hydrogen-bond donors (Lipinski definition) is 2. The van der Waals surface area contributed by atoms with E-state index in [1.165, 1.54) is 0 Å². The lowest BCUT2D eigenvalue weighted by Gasteiger charge is -2.30. The first-order chi connectivity index (χ1) is 8.61. The lowest BCUT2D eigenvalue weighted by molar-refractivity contribution is 0.285. The topological polar surface area (TPSA) is 61.3 Å². The van der Waals surface area contributed by atoms with Gasteiger partial charge in [-0.15, -0.1) is 0 Å². The van der Waals surface area contributed by atoms with Gasteiger partial charge in [0, 0.05) is 12.1 Å². The summed E-state index contributed by atoms with van der Waals surface area (Å²) in [5, 5.41) is 0.623. The lowest BCUT2D eigenvalue weighted by Crippen LogP contribution is -2.31. The van der Waals surface area contributed by atoms with E-state index in [-0.39, 0.29) is 6.04 Å². The van der Waals surface area contributed by atoms with Gasteiger partial charge < -0.3 is 16.2 Å². The molecule has 0 saturated heterocycles. The standard InChI is InChI=1S/C14H21ClN2O/c1-18-13-7-4-10(8-12(13)15)14(17)9-2-5-11(16)6-3-9/h4,7-9,11,14H,2-3,5-6,16-17H2,1H3. The minimum Gasteiger partial charge on any atom is -0.495 e. The van der Waals surface area contributed by atoms with Gasteiger partial charge in [0.1, 0.15) is 5.75 Å². The number of ether oxygens (including phenoxy) is 1. The molecule has 1 aliphatic carbocycles. The summed E-state index contributed by atoms with van der Waals surface area (Å²) in [6.45, 7) is 0. The summed E-state index contributed by atoms with van der Waals surface area (Å²) in [7, 11) is 1.61. The quantitative estimate of drug-likeness (QED) is 0.886. The van der Waals surface area contributed by atoms with Crippen molar-refractivity contribution in [1.82, 2.24) is 0 Å². The van der Waals surface area contributed by atoms with Crippen LogP contribution in [0.1, 0.15) is 37.3 Å². The van der Waals surface area contributed by atoms with Crippen molar-refractivity contribution in [3.05, 3.63) is 28.8 Å². The third-order valence-corrected chi connectivity index (χ3v) is 4.18.